The number of nitrogens with zero attached hydrogens (tertiary/aromatic N) is 6. The topological polar surface area (TPSA) is 89.5 Å². The van der Waals surface area contributed by atoms with Gasteiger partial charge in [0.2, 0.25) is 0 Å². The molecule has 0 saturated carbocycles. The average Bonchev–Trinajstić information content (AvgIpc) is 3.25. The molecule has 2 aliphatic rings. The molecule has 2 aliphatic heterocycles. The monoisotopic (exact) mass is 360 g/mol. The summed E-state index contributed by atoms with van der Waals surface area (Å²) in [5.41, 5.74) is 0.783. The van der Waals surface area contributed by atoms with Gasteiger partial charge in [-0.1, -0.05) is 18.0 Å². The molecule has 0 N–H and O–H groups in total. The van der Waals surface area contributed by atoms with Crippen LogP contribution in [0.25, 0.3) is 11.5 Å². The maximum Gasteiger partial charge on any atom is 0.320 e. The van der Waals surface area contributed by atoms with Crippen LogP contribution in [0, 0.1) is 0 Å². The van der Waals surface area contributed by atoms with Crippen molar-refractivity contribution in [3.8, 4) is 11.5 Å². The van der Waals surface area contributed by atoms with Crippen LogP contribution in [-0.4, -0.2) is 68.6 Å². The van der Waals surface area contributed by atoms with Crippen LogP contribution in [0.3, 0.4) is 0 Å². The number of amides is 2. The number of hydrogen-bond acceptors (Lipinski definition) is 6. The van der Waals surface area contributed by atoms with E-state index in [2.05, 4.69) is 15.2 Å². The Balaban J connectivity index is 1.57. The molecule has 0 bridgehead atoms. The van der Waals surface area contributed by atoms with Crippen LogP contribution >= 0.6 is 0 Å². The Hall–Kier alpha value is -2.42. The fourth-order valence-electron chi connectivity index (χ4n) is 3.56. The lowest BCUT2D eigenvalue weighted by Crippen LogP contribution is -2.49. The van der Waals surface area contributed by atoms with Crippen molar-refractivity contribution in [1.82, 2.24) is 29.7 Å². The standard InChI is InChI=1S/C17H24N6O3/c1-21-12-13(11-18-21)16-19-15(20-26-16)14-5-3-2-4-6-23(14)17(24)22-7-9-25-10-8-22/h11-12,14H,2-10H2,1H3. The van der Waals surface area contributed by atoms with Crippen LogP contribution in [0.15, 0.2) is 16.9 Å². The van der Waals surface area contributed by atoms with Crippen LogP contribution in [0.4, 0.5) is 4.79 Å². The molecule has 4 heterocycles. The Morgan fingerprint density at radius 3 is 2.81 bits per heavy atom. The Kier molecular flexibility index (Phi) is 4.87. The Morgan fingerprint density at radius 2 is 2.04 bits per heavy atom. The first-order valence-electron chi connectivity index (χ1n) is 9.18. The van der Waals surface area contributed by atoms with E-state index in [4.69, 9.17) is 9.26 Å². The third kappa shape index (κ3) is 3.44. The zero-order valence-electron chi connectivity index (χ0n) is 15.0. The quantitative estimate of drug-likeness (QED) is 0.812. The molecular weight excluding hydrogens is 336 g/mol. The summed E-state index contributed by atoms with van der Waals surface area (Å²) in [7, 11) is 1.84. The molecule has 4 rings (SSSR count). The van der Waals surface area contributed by atoms with Crippen molar-refractivity contribution in [2.75, 3.05) is 32.8 Å². The maximum atomic E-state index is 13.1. The van der Waals surface area contributed by atoms with E-state index in [1.807, 2.05) is 23.0 Å². The van der Waals surface area contributed by atoms with Crippen molar-refractivity contribution in [2.24, 2.45) is 7.05 Å². The normalized spacial score (nSPS) is 21.7. The summed E-state index contributed by atoms with van der Waals surface area (Å²) in [5, 5.41) is 8.32. The van der Waals surface area contributed by atoms with E-state index in [1.165, 1.54) is 0 Å². The predicted molar refractivity (Wildman–Crippen MR) is 92.2 cm³/mol. The van der Waals surface area contributed by atoms with Gasteiger partial charge in [-0.15, -0.1) is 0 Å². The van der Waals surface area contributed by atoms with Gasteiger partial charge >= 0.3 is 6.03 Å². The maximum absolute atomic E-state index is 13.1. The number of carbonyl (C=O) groups is 1. The summed E-state index contributed by atoms with van der Waals surface area (Å²) in [6.45, 7) is 3.18. The highest BCUT2D eigenvalue weighted by molar-refractivity contribution is 5.75. The second-order valence-electron chi connectivity index (χ2n) is 6.80. The lowest BCUT2D eigenvalue weighted by Gasteiger charge is -2.35. The highest BCUT2D eigenvalue weighted by atomic mass is 16.5. The SMILES string of the molecule is Cn1cc(-c2nc(C3CCCCCN3C(=O)N3CCOCC3)no2)cn1. The van der Waals surface area contributed by atoms with Crippen LogP contribution < -0.4 is 0 Å². The van der Waals surface area contributed by atoms with Gasteiger partial charge in [0.05, 0.1) is 31.0 Å². The van der Waals surface area contributed by atoms with Crippen LogP contribution in [-0.2, 0) is 11.8 Å². The molecule has 2 saturated heterocycles. The number of likely N-dealkylation sites (tertiary alicyclic amines) is 1. The Bertz CT molecular complexity index is 751. The van der Waals surface area contributed by atoms with Crippen molar-refractivity contribution in [1.29, 1.82) is 0 Å². The minimum atomic E-state index is -0.151. The number of aryl methyl sites for hydroxylation is 1. The molecule has 2 fully saturated rings. The van der Waals surface area contributed by atoms with Gasteiger partial charge in [-0.25, -0.2) is 4.79 Å². The van der Waals surface area contributed by atoms with E-state index in [0.29, 0.717) is 38.0 Å². The Labute approximate surface area is 151 Å². The molecule has 0 aromatic carbocycles. The van der Waals surface area contributed by atoms with Crippen molar-refractivity contribution in [3.63, 3.8) is 0 Å². The highest BCUT2D eigenvalue weighted by Gasteiger charge is 2.33. The molecule has 1 unspecified atom stereocenters. The molecule has 2 aromatic rings. The summed E-state index contributed by atoms with van der Waals surface area (Å²) in [6, 6.07) is -0.102. The van der Waals surface area contributed by atoms with E-state index >= 15 is 0 Å². The molecule has 9 heteroatoms. The zero-order chi connectivity index (χ0) is 17.9. The second-order valence-corrected chi connectivity index (χ2v) is 6.80. The first kappa shape index (κ1) is 17.0. The molecule has 9 nitrogen and oxygen atoms in total. The summed E-state index contributed by atoms with van der Waals surface area (Å²) in [6.07, 6.45) is 7.54. The second kappa shape index (κ2) is 7.45. The van der Waals surface area contributed by atoms with Crippen molar-refractivity contribution in [3.05, 3.63) is 18.2 Å². The summed E-state index contributed by atoms with van der Waals surface area (Å²) in [4.78, 5) is 21.4. The number of ether oxygens (including phenoxy) is 1. The summed E-state index contributed by atoms with van der Waals surface area (Å²) >= 11 is 0. The van der Waals surface area contributed by atoms with Gasteiger partial charge in [-0.3, -0.25) is 4.68 Å². The first-order chi connectivity index (χ1) is 12.7. The number of carbonyl (C=O) groups excluding carboxylic acids is 1. The van der Waals surface area contributed by atoms with E-state index in [-0.39, 0.29) is 12.1 Å². The van der Waals surface area contributed by atoms with Gasteiger partial charge in [-0.05, 0) is 12.8 Å². The molecule has 0 spiro atoms. The van der Waals surface area contributed by atoms with Crippen molar-refractivity contribution < 1.29 is 14.1 Å². The van der Waals surface area contributed by atoms with E-state index in [9.17, 15) is 4.79 Å². The van der Waals surface area contributed by atoms with Gasteiger partial charge in [0.25, 0.3) is 5.89 Å². The van der Waals surface area contributed by atoms with Crippen molar-refractivity contribution >= 4 is 6.03 Å². The first-order valence-corrected chi connectivity index (χ1v) is 9.18. The third-order valence-electron chi connectivity index (χ3n) is 4.97. The minimum Gasteiger partial charge on any atom is -0.378 e. The molecule has 140 valence electrons. The highest BCUT2D eigenvalue weighted by Crippen LogP contribution is 2.31. The lowest BCUT2D eigenvalue weighted by atomic mass is 10.1. The third-order valence-corrected chi connectivity index (χ3v) is 4.97. The fraction of sp³-hybridized carbons (Fsp3) is 0.647. The fourth-order valence-corrected chi connectivity index (χ4v) is 3.56. The average molecular weight is 360 g/mol. The molecule has 1 atom stereocenters. The van der Waals surface area contributed by atoms with Crippen LogP contribution in [0.1, 0.15) is 37.5 Å². The molecule has 26 heavy (non-hydrogen) atoms. The van der Waals surface area contributed by atoms with Gasteiger partial charge in [0.15, 0.2) is 5.82 Å². The van der Waals surface area contributed by atoms with Gasteiger partial charge in [0.1, 0.15) is 0 Å². The number of aromatic nitrogens is 4. The number of urea groups is 1. The van der Waals surface area contributed by atoms with Crippen molar-refractivity contribution in [2.45, 2.75) is 31.7 Å². The lowest BCUT2D eigenvalue weighted by molar-refractivity contribution is 0.0387. The smallest absolute Gasteiger partial charge is 0.320 e. The van der Waals surface area contributed by atoms with Crippen LogP contribution in [0.2, 0.25) is 0 Å². The Morgan fingerprint density at radius 1 is 1.19 bits per heavy atom. The van der Waals surface area contributed by atoms with E-state index in [0.717, 1.165) is 37.8 Å². The van der Waals surface area contributed by atoms with E-state index in [1.54, 1.807) is 10.9 Å². The predicted octanol–water partition coefficient (Wildman–Crippen LogP) is 1.84. The molecular formula is C17H24N6O3. The molecule has 2 amide bonds. The van der Waals surface area contributed by atoms with Gasteiger partial charge in [0, 0.05) is 32.9 Å². The van der Waals surface area contributed by atoms with E-state index < -0.39 is 0 Å². The number of rotatable bonds is 2. The van der Waals surface area contributed by atoms with Gasteiger partial charge < -0.3 is 19.1 Å². The summed E-state index contributed by atoms with van der Waals surface area (Å²) in [5.74, 6) is 1.02. The molecule has 0 aliphatic carbocycles. The zero-order valence-corrected chi connectivity index (χ0v) is 15.0. The van der Waals surface area contributed by atoms with Gasteiger partial charge in [-0.2, -0.15) is 10.1 Å². The molecule has 0 radical (unpaired) electrons. The number of morpholine rings is 1. The minimum absolute atomic E-state index is 0.0490. The number of hydrogen-bond donors (Lipinski definition) is 0. The largest absolute Gasteiger partial charge is 0.378 e. The van der Waals surface area contributed by atoms with Crippen LogP contribution in [0.5, 0.6) is 0 Å². The summed E-state index contributed by atoms with van der Waals surface area (Å²) < 4.78 is 12.5. The molecule has 2 aromatic heterocycles.